The van der Waals surface area contributed by atoms with E-state index >= 15 is 0 Å². The zero-order chi connectivity index (χ0) is 20.0. The number of anilines is 1. The highest BCUT2D eigenvalue weighted by Gasteiger charge is 2.34. The number of nitrogens with one attached hydrogen (secondary N) is 2. The molecule has 0 spiro atoms. The van der Waals surface area contributed by atoms with Gasteiger partial charge in [-0.3, -0.25) is 14.4 Å². The Balaban J connectivity index is 1.94. The lowest BCUT2D eigenvalue weighted by atomic mass is 10.2. The minimum absolute atomic E-state index is 0.424. The number of aromatic nitrogens is 1. The quantitative estimate of drug-likeness (QED) is 0.777. The molecule has 2 rings (SSSR count). The number of carbonyl (C=O) groups excluding carboxylic acids is 2. The van der Waals surface area contributed by atoms with Crippen LogP contribution >= 0.6 is 0 Å². The van der Waals surface area contributed by atoms with Gasteiger partial charge in [0.25, 0.3) is 5.56 Å². The van der Waals surface area contributed by atoms with Gasteiger partial charge in [-0.25, -0.2) is 0 Å². The highest BCUT2D eigenvalue weighted by atomic mass is 19.4. The van der Waals surface area contributed by atoms with E-state index in [1.165, 1.54) is 0 Å². The Labute approximate surface area is 152 Å². The van der Waals surface area contributed by atoms with Gasteiger partial charge in [0, 0.05) is 17.4 Å². The topological polar surface area (TPSA) is 80.2 Å². The molecule has 1 aromatic heterocycles. The molecule has 0 atom stereocenters. The van der Waals surface area contributed by atoms with E-state index in [4.69, 9.17) is 6.42 Å². The molecule has 2 aromatic rings. The van der Waals surface area contributed by atoms with Crippen molar-refractivity contribution in [1.82, 2.24) is 9.88 Å². The standard InChI is InChI=1S/C18H14F3N3O3/c1-2-12-5-3-6-13(9-12)23-15(25)10-22-16(26)11-24-8-4-7-14(17(24)27)18(19,20)21/h1,3-9H,10-11H2,(H,22,26)(H,23,25). The van der Waals surface area contributed by atoms with Gasteiger partial charge in [-0.1, -0.05) is 12.0 Å². The Bertz CT molecular complexity index is 959. The van der Waals surface area contributed by atoms with E-state index in [9.17, 15) is 27.6 Å². The number of terminal acetylenes is 1. The molecule has 0 unspecified atom stereocenters. The number of alkyl halides is 3. The first-order valence-corrected chi connectivity index (χ1v) is 7.60. The van der Waals surface area contributed by atoms with Crippen molar-refractivity contribution in [2.45, 2.75) is 12.7 Å². The van der Waals surface area contributed by atoms with Crippen LogP contribution in [-0.2, 0) is 22.3 Å². The van der Waals surface area contributed by atoms with E-state index in [1.807, 2.05) is 0 Å². The van der Waals surface area contributed by atoms with Crippen LogP contribution < -0.4 is 16.2 Å². The monoisotopic (exact) mass is 377 g/mol. The van der Waals surface area contributed by atoms with Crippen LogP contribution in [0.3, 0.4) is 0 Å². The summed E-state index contributed by atoms with van der Waals surface area (Å²) in [5.74, 6) is 1.06. The predicted molar refractivity (Wildman–Crippen MR) is 91.7 cm³/mol. The Morgan fingerprint density at radius 2 is 1.89 bits per heavy atom. The minimum atomic E-state index is -4.82. The Kier molecular flexibility index (Phi) is 6.03. The molecule has 27 heavy (non-hydrogen) atoms. The summed E-state index contributed by atoms with van der Waals surface area (Å²) in [4.78, 5) is 35.4. The Morgan fingerprint density at radius 3 is 2.56 bits per heavy atom. The van der Waals surface area contributed by atoms with Crippen LogP contribution in [0.1, 0.15) is 11.1 Å². The number of hydrogen-bond acceptors (Lipinski definition) is 3. The lowest BCUT2D eigenvalue weighted by Crippen LogP contribution is -2.38. The highest BCUT2D eigenvalue weighted by Crippen LogP contribution is 2.25. The number of pyridine rings is 1. The lowest BCUT2D eigenvalue weighted by Gasteiger charge is -2.11. The predicted octanol–water partition coefficient (Wildman–Crippen LogP) is 1.60. The SMILES string of the molecule is C#Cc1cccc(NC(=O)CNC(=O)Cn2cccc(C(F)(F)F)c2=O)c1. The maximum absolute atomic E-state index is 12.7. The van der Waals surface area contributed by atoms with E-state index in [1.54, 1.807) is 24.3 Å². The summed E-state index contributed by atoms with van der Waals surface area (Å²) < 4.78 is 38.7. The third-order valence-electron chi connectivity index (χ3n) is 3.40. The maximum atomic E-state index is 12.7. The van der Waals surface area contributed by atoms with Gasteiger partial charge in [0.05, 0.1) is 6.54 Å². The number of benzene rings is 1. The van der Waals surface area contributed by atoms with Gasteiger partial charge in [-0.05, 0) is 30.3 Å². The van der Waals surface area contributed by atoms with Crippen LogP contribution in [0, 0.1) is 12.3 Å². The fourth-order valence-corrected chi connectivity index (χ4v) is 2.16. The van der Waals surface area contributed by atoms with Gasteiger partial charge >= 0.3 is 6.18 Å². The van der Waals surface area contributed by atoms with E-state index < -0.39 is 42.2 Å². The molecule has 1 heterocycles. The van der Waals surface area contributed by atoms with Crippen LogP contribution in [0.15, 0.2) is 47.4 Å². The van der Waals surface area contributed by atoms with Crippen molar-refractivity contribution < 1.29 is 22.8 Å². The molecule has 140 valence electrons. The largest absolute Gasteiger partial charge is 0.421 e. The van der Waals surface area contributed by atoms with Crippen molar-refractivity contribution >= 4 is 17.5 Å². The molecule has 1 aromatic carbocycles. The molecule has 0 fully saturated rings. The summed E-state index contributed by atoms with van der Waals surface area (Å²) in [6.45, 7) is -1.07. The van der Waals surface area contributed by atoms with E-state index in [-0.39, 0.29) is 0 Å². The average Bonchev–Trinajstić information content (AvgIpc) is 2.61. The molecule has 0 saturated heterocycles. The number of halogens is 3. The van der Waals surface area contributed by atoms with Crippen molar-refractivity contribution in [2.24, 2.45) is 0 Å². The fourth-order valence-electron chi connectivity index (χ4n) is 2.16. The van der Waals surface area contributed by atoms with Gasteiger partial charge in [0.1, 0.15) is 12.1 Å². The van der Waals surface area contributed by atoms with Crippen LogP contribution in [0.25, 0.3) is 0 Å². The Morgan fingerprint density at radius 1 is 1.15 bits per heavy atom. The molecule has 0 saturated carbocycles. The molecule has 2 amide bonds. The van der Waals surface area contributed by atoms with Gasteiger partial charge in [0.2, 0.25) is 11.8 Å². The molecule has 0 aliphatic rings. The average molecular weight is 377 g/mol. The third-order valence-corrected chi connectivity index (χ3v) is 3.40. The summed E-state index contributed by atoms with van der Waals surface area (Å²) in [5.41, 5.74) is -1.72. The van der Waals surface area contributed by atoms with Gasteiger partial charge < -0.3 is 15.2 Å². The Hall–Kier alpha value is -3.54. The van der Waals surface area contributed by atoms with E-state index in [0.29, 0.717) is 21.9 Å². The number of carbonyl (C=O) groups is 2. The van der Waals surface area contributed by atoms with Crippen molar-refractivity contribution in [3.05, 3.63) is 64.1 Å². The highest BCUT2D eigenvalue weighted by molar-refractivity contribution is 5.94. The van der Waals surface area contributed by atoms with Crippen molar-refractivity contribution in [3.8, 4) is 12.3 Å². The second-order valence-electron chi connectivity index (χ2n) is 5.40. The minimum Gasteiger partial charge on any atom is -0.345 e. The van der Waals surface area contributed by atoms with Crippen molar-refractivity contribution in [3.63, 3.8) is 0 Å². The fraction of sp³-hybridized carbons (Fsp3) is 0.167. The molecule has 0 radical (unpaired) electrons. The first-order valence-electron chi connectivity index (χ1n) is 7.60. The maximum Gasteiger partial charge on any atom is 0.421 e. The molecule has 6 nitrogen and oxygen atoms in total. The second kappa shape index (κ2) is 8.23. The van der Waals surface area contributed by atoms with Crippen LogP contribution in [0.4, 0.5) is 18.9 Å². The van der Waals surface area contributed by atoms with Gasteiger partial charge in [-0.2, -0.15) is 13.2 Å². The van der Waals surface area contributed by atoms with E-state index in [2.05, 4.69) is 16.6 Å². The normalized spacial score (nSPS) is 10.7. The number of rotatable bonds is 5. The number of amides is 2. The van der Waals surface area contributed by atoms with Gasteiger partial charge in [-0.15, -0.1) is 6.42 Å². The van der Waals surface area contributed by atoms with Crippen LogP contribution in [0.2, 0.25) is 0 Å². The molecular weight excluding hydrogens is 363 g/mol. The summed E-state index contributed by atoms with van der Waals surface area (Å²) in [6.07, 6.45) is 1.49. The third kappa shape index (κ3) is 5.47. The zero-order valence-electron chi connectivity index (χ0n) is 13.8. The number of hydrogen-bond donors (Lipinski definition) is 2. The van der Waals surface area contributed by atoms with Crippen LogP contribution in [0.5, 0.6) is 0 Å². The first kappa shape index (κ1) is 19.8. The molecule has 0 aliphatic heterocycles. The summed E-state index contributed by atoms with van der Waals surface area (Å²) >= 11 is 0. The first-order chi connectivity index (χ1) is 12.7. The van der Waals surface area contributed by atoms with Crippen molar-refractivity contribution in [1.29, 1.82) is 0 Å². The second-order valence-corrected chi connectivity index (χ2v) is 5.40. The van der Waals surface area contributed by atoms with E-state index in [0.717, 1.165) is 12.3 Å². The molecule has 0 bridgehead atoms. The zero-order valence-corrected chi connectivity index (χ0v) is 13.8. The molecule has 9 heteroatoms. The van der Waals surface area contributed by atoms with Crippen molar-refractivity contribution in [2.75, 3.05) is 11.9 Å². The summed E-state index contributed by atoms with van der Waals surface area (Å²) in [6, 6.07) is 8.12. The molecular formula is C18H14F3N3O3. The summed E-state index contributed by atoms with van der Waals surface area (Å²) in [7, 11) is 0. The molecule has 2 N–H and O–H groups in total. The lowest BCUT2D eigenvalue weighted by molar-refractivity contribution is -0.139. The van der Waals surface area contributed by atoms with Gasteiger partial charge in [0.15, 0.2) is 0 Å². The molecule has 0 aliphatic carbocycles. The number of nitrogens with zero attached hydrogens (tertiary/aromatic N) is 1. The smallest absolute Gasteiger partial charge is 0.345 e. The van der Waals surface area contributed by atoms with Crippen LogP contribution in [-0.4, -0.2) is 22.9 Å². The summed E-state index contributed by atoms with van der Waals surface area (Å²) in [5, 5.41) is 4.74.